The van der Waals surface area contributed by atoms with Crippen molar-refractivity contribution in [1.82, 2.24) is 9.62 Å². The van der Waals surface area contributed by atoms with E-state index in [1.165, 1.54) is 11.0 Å². The molecule has 0 bridgehead atoms. The Hall–Kier alpha value is 0.540. The van der Waals surface area contributed by atoms with Gasteiger partial charge in [0, 0.05) is 26.2 Å². The van der Waals surface area contributed by atoms with Crippen LogP contribution in [0.25, 0.3) is 0 Å². The Kier molecular flexibility index (Phi) is 6.18. The minimum Gasteiger partial charge on any atom is -0.390 e. The zero-order valence-corrected chi connectivity index (χ0v) is 9.19. The lowest BCUT2D eigenvalue weighted by Gasteiger charge is -2.28. The van der Waals surface area contributed by atoms with Crippen LogP contribution in [0.5, 0.6) is 0 Å². The van der Waals surface area contributed by atoms with Crippen molar-refractivity contribution in [2.45, 2.75) is 6.10 Å². The number of β-amino-alcohol motifs (C(OH)–C–C–N with tert-alkyl or cyclic N) is 1. The van der Waals surface area contributed by atoms with E-state index in [1.54, 1.807) is 0 Å². The van der Waals surface area contributed by atoms with E-state index in [0.29, 0.717) is 13.1 Å². The van der Waals surface area contributed by atoms with Gasteiger partial charge in [-0.3, -0.25) is 9.62 Å². The monoisotopic (exact) mass is 224 g/mol. The fourth-order valence-corrected chi connectivity index (χ4v) is 1.77. The zero-order valence-electron chi connectivity index (χ0n) is 7.48. The number of rotatable bonds is 5. The Bertz CT molecular complexity index is 134. The fraction of sp³-hybridized carbons (Fsp3) is 1.00. The van der Waals surface area contributed by atoms with Gasteiger partial charge in [0.05, 0.1) is 19.3 Å². The fourth-order valence-electron chi connectivity index (χ4n) is 1.28. The van der Waals surface area contributed by atoms with Gasteiger partial charge >= 0.3 is 0 Å². The molecule has 1 aliphatic rings. The topological polar surface area (TPSA) is 44.7 Å². The molecule has 1 saturated heterocycles. The van der Waals surface area contributed by atoms with Gasteiger partial charge in [-0.15, -0.1) is 0 Å². The van der Waals surface area contributed by atoms with Gasteiger partial charge in [-0.1, -0.05) is 11.7 Å². The van der Waals surface area contributed by atoms with Gasteiger partial charge in [-0.05, 0) is 11.0 Å². The molecule has 78 valence electrons. The lowest BCUT2D eigenvalue weighted by molar-refractivity contribution is 0.0159. The Balaban J connectivity index is 2.07. The highest BCUT2D eigenvalue weighted by Crippen LogP contribution is 2.00. The van der Waals surface area contributed by atoms with E-state index in [4.69, 9.17) is 4.74 Å². The average Bonchev–Trinajstić information content (AvgIpc) is 2.16. The molecule has 1 atom stereocenters. The SMILES string of the molecule is OC(CNSS)CN1CCOCC1. The lowest BCUT2D eigenvalue weighted by atomic mass is 10.3. The van der Waals surface area contributed by atoms with Crippen molar-refractivity contribution in [2.24, 2.45) is 0 Å². The second-order valence-corrected chi connectivity index (χ2v) is 4.03. The van der Waals surface area contributed by atoms with E-state index >= 15 is 0 Å². The van der Waals surface area contributed by atoms with Crippen LogP contribution in [0.15, 0.2) is 0 Å². The summed E-state index contributed by atoms with van der Waals surface area (Å²) in [5, 5.41) is 9.54. The number of morpholine rings is 1. The van der Waals surface area contributed by atoms with Crippen molar-refractivity contribution in [1.29, 1.82) is 0 Å². The predicted molar refractivity (Wildman–Crippen MR) is 57.8 cm³/mol. The molecule has 6 heteroatoms. The zero-order chi connectivity index (χ0) is 9.52. The quantitative estimate of drug-likeness (QED) is 0.342. The standard InChI is InChI=1S/C7H16N2O2S2/c10-7(5-8-13-12)6-9-1-3-11-4-2-9/h7-8,10,12H,1-6H2. The van der Waals surface area contributed by atoms with E-state index in [1.807, 2.05) is 0 Å². The van der Waals surface area contributed by atoms with Gasteiger partial charge in [0.1, 0.15) is 0 Å². The molecule has 1 heterocycles. The number of ether oxygens (including phenoxy) is 1. The van der Waals surface area contributed by atoms with Crippen LogP contribution in [-0.4, -0.2) is 55.5 Å². The van der Waals surface area contributed by atoms with Gasteiger partial charge in [-0.2, -0.15) is 0 Å². The highest BCUT2D eigenvalue weighted by atomic mass is 33.1. The summed E-state index contributed by atoms with van der Waals surface area (Å²) in [5.74, 6) is 0. The van der Waals surface area contributed by atoms with Crippen LogP contribution in [-0.2, 0) is 4.74 Å². The van der Waals surface area contributed by atoms with Crippen molar-refractivity contribution in [3.8, 4) is 0 Å². The molecule has 4 nitrogen and oxygen atoms in total. The summed E-state index contributed by atoms with van der Waals surface area (Å²) in [7, 11) is 1.23. The third-order valence-corrected chi connectivity index (χ3v) is 2.64. The molecule has 1 fully saturated rings. The highest BCUT2D eigenvalue weighted by molar-refractivity contribution is 8.67. The average molecular weight is 224 g/mol. The van der Waals surface area contributed by atoms with Crippen LogP contribution < -0.4 is 4.72 Å². The lowest BCUT2D eigenvalue weighted by Crippen LogP contribution is -2.43. The van der Waals surface area contributed by atoms with E-state index in [0.717, 1.165) is 26.3 Å². The second-order valence-electron chi connectivity index (χ2n) is 3.01. The number of hydrogen-bond acceptors (Lipinski definition) is 6. The Labute approximate surface area is 88.0 Å². The highest BCUT2D eigenvalue weighted by Gasteiger charge is 2.14. The molecular formula is C7H16N2O2S2. The third-order valence-electron chi connectivity index (χ3n) is 1.96. The molecule has 1 aliphatic heterocycles. The first kappa shape index (κ1) is 11.6. The van der Waals surface area contributed by atoms with E-state index in [9.17, 15) is 5.11 Å². The maximum Gasteiger partial charge on any atom is 0.0800 e. The molecule has 0 aromatic carbocycles. The third kappa shape index (κ3) is 5.09. The molecular weight excluding hydrogens is 208 g/mol. The minimum atomic E-state index is -0.322. The summed E-state index contributed by atoms with van der Waals surface area (Å²) in [6.45, 7) is 4.69. The number of hydrogen-bond donors (Lipinski definition) is 3. The van der Waals surface area contributed by atoms with Crippen molar-refractivity contribution >= 4 is 22.6 Å². The number of aliphatic hydroxyl groups is 1. The van der Waals surface area contributed by atoms with Crippen molar-refractivity contribution in [3.63, 3.8) is 0 Å². The maximum absolute atomic E-state index is 9.54. The van der Waals surface area contributed by atoms with Crippen molar-refractivity contribution in [3.05, 3.63) is 0 Å². The predicted octanol–water partition coefficient (Wildman–Crippen LogP) is -0.238. The number of nitrogens with one attached hydrogen (secondary N) is 1. The Morgan fingerprint density at radius 1 is 1.54 bits per heavy atom. The smallest absolute Gasteiger partial charge is 0.0800 e. The van der Waals surface area contributed by atoms with Crippen LogP contribution in [0.2, 0.25) is 0 Å². The van der Waals surface area contributed by atoms with Crippen molar-refractivity contribution in [2.75, 3.05) is 39.4 Å². The van der Waals surface area contributed by atoms with E-state index in [2.05, 4.69) is 21.3 Å². The largest absolute Gasteiger partial charge is 0.390 e. The first-order valence-corrected chi connectivity index (χ1v) is 6.21. The molecule has 0 aliphatic carbocycles. The molecule has 0 amide bonds. The summed E-state index contributed by atoms with van der Waals surface area (Å²) in [6.07, 6.45) is -0.322. The summed E-state index contributed by atoms with van der Waals surface area (Å²) < 4.78 is 8.12. The Morgan fingerprint density at radius 3 is 2.85 bits per heavy atom. The first-order valence-electron chi connectivity index (χ1n) is 4.34. The van der Waals surface area contributed by atoms with Gasteiger partial charge in [0.15, 0.2) is 0 Å². The number of nitrogens with zero attached hydrogens (tertiary/aromatic N) is 1. The van der Waals surface area contributed by atoms with E-state index in [-0.39, 0.29) is 6.10 Å². The molecule has 0 aromatic rings. The molecule has 0 spiro atoms. The second kappa shape index (κ2) is 6.92. The van der Waals surface area contributed by atoms with Crippen LogP contribution in [0, 0.1) is 0 Å². The number of aliphatic hydroxyl groups excluding tert-OH is 1. The molecule has 0 aromatic heterocycles. The van der Waals surface area contributed by atoms with Crippen LogP contribution in [0.3, 0.4) is 0 Å². The summed E-state index contributed by atoms with van der Waals surface area (Å²) in [5.41, 5.74) is 0. The molecule has 0 saturated carbocycles. The van der Waals surface area contributed by atoms with E-state index < -0.39 is 0 Å². The number of thiol groups is 1. The molecule has 2 N–H and O–H groups in total. The summed E-state index contributed by atoms with van der Waals surface area (Å²) in [4.78, 5) is 2.21. The van der Waals surface area contributed by atoms with Crippen LogP contribution in [0.1, 0.15) is 0 Å². The molecule has 1 rings (SSSR count). The van der Waals surface area contributed by atoms with Crippen LogP contribution in [0.4, 0.5) is 0 Å². The van der Waals surface area contributed by atoms with Crippen molar-refractivity contribution < 1.29 is 9.84 Å². The van der Waals surface area contributed by atoms with Gasteiger partial charge < -0.3 is 9.84 Å². The van der Waals surface area contributed by atoms with Gasteiger partial charge in [0.2, 0.25) is 0 Å². The molecule has 0 radical (unpaired) electrons. The summed E-state index contributed by atoms with van der Waals surface area (Å²) in [6, 6.07) is 0. The minimum absolute atomic E-state index is 0.322. The first-order chi connectivity index (χ1) is 6.33. The molecule has 1 unspecified atom stereocenters. The molecule has 13 heavy (non-hydrogen) atoms. The normalized spacial score (nSPS) is 21.7. The van der Waals surface area contributed by atoms with Crippen LogP contribution >= 0.6 is 22.6 Å². The Morgan fingerprint density at radius 2 is 2.23 bits per heavy atom. The van der Waals surface area contributed by atoms with Gasteiger partial charge in [0.25, 0.3) is 0 Å². The van der Waals surface area contributed by atoms with Gasteiger partial charge in [-0.25, -0.2) is 0 Å². The summed E-state index contributed by atoms with van der Waals surface area (Å²) >= 11 is 3.92. The maximum atomic E-state index is 9.54.